The van der Waals surface area contributed by atoms with Crippen LogP contribution < -0.4 is 0 Å². The van der Waals surface area contributed by atoms with E-state index in [1.165, 1.54) is 11.3 Å². The Bertz CT molecular complexity index is 614. The molecular formula is C13H10BrCl2NOS. The van der Waals surface area contributed by atoms with Gasteiger partial charge in [-0.15, -0.1) is 11.3 Å². The van der Waals surface area contributed by atoms with Crippen molar-refractivity contribution in [3.8, 4) is 0 Å². The van der Waals surface area contributed by atoms with Crippen molar-refractivity contribution in [2.75, 3.05) is 7.05 Å². The summed E-state index contributed by atoms with van der Waals surface area (Å²) < 4.78 is 0.816. The van der Waals surface area contributed by atoms with E-state index in [2.05, 4.69) is 15.9 Å². The van der Waals surface area contributed by atoms with E-state index >= 15 is 0 Å². The molecule has 1 aromatic carbocycles. The molecule has 6 heteroatoms. The van der Waals surface area contributed by atoms with Crippen molar-refractivity contribution < 1.29 is 4.79 Å². The maximum Gasteiger partial charge on any atom is 0.265 e. The van der Waals surface area contributed by atoms with Gasteiger partial charge in [0.05, 0.1) is 0 Å². The minimum absolute atomic E-state index is 0.0344. The van der Waals surface area contributed by atoms with Gasteiger partial charge in [0, 0.05) is 28.1 Å². The number of hydrogen-bond donors (Lipinski definition) is 0. The minimum atomic E-state index is -0.0344. The van der Waals surface area contributed by atoms with Crippen LogP contribution in [-0.2, 0) is 6.54 Å². The maximum absolute atomic E-state index is 12.2. The van der Waals surface area contributed by atoms with Crippen LogP contribution >= 0.6 is 50.5 Å². The first-order valence-electron chi connectivity index (χ1n) is 5.41. The summed E-state index contributed by atoms with van der Waals surface area (Å²) in [6, 6.07) is 7.14. The molecule has 0 aliphatic heterocycles. The van der Waals surface area contributed by atoms with Gasteiger partial charge >= 0.3 is 0 Å². The predicted molar refractivity (Wildman–Crippen MR) is 84.3 cm³/mol. The molecule has 0 saturated carbocycles. The first-order chi connectivity index (χ1) is 8.99. The van der Waals surface area contributed by atoms with Crippen molar-refractivity contribution in [1.82, 2.24) is 4.90 Å². The van der Waals surface area contributed by atoms with Crippen LogP contribution in [0.4, 0.5) is 0 Å². The van der Waals surface area contributed by atoms with E-state index in [1.807, 2.05) is 17.5 Å². The Morgan fingerprint density at radius 2 is 2.11 bits per heavy atom. The van der Waals surface area contributed by atoms with Gasteiger partial charge in [-0.2, -0.15) is 0 Å². The third-order valence-corrected chi connectivity index (χ3v) is 4.99. The number of nitrogens with zero attached hydrogens (tertiary/aromatic N) is 1. The molecule has 100 valence electrons. The molecule has 1 aromatic heterocycles. The fraction of sp³-hybridized carbons (Fsp3) is 0.154. The Hall–Kier alpha value is -0.550. The normalized spacial score (nSPS) is 10.5. The Labute approximate surface area is 134 Å². The molecule has 0 unspecified atom stereocenters. The average Bonchev–Trinajstić information content (AvgIpc) is 2.78. The first-order valence-corrected chi connectivity index (χ1v) is 7.84. The first kappa shape index (κ1) is 14.9. The monoisotopic (exact) mass is 377 g/mol. The Kier molecular flexibility index (Phi) is 4.90. The summed E-state index contributed by atoms with van der Waals surface area (Å²) in [6.07, 6.45) is 0. The minimum Gasteiger partial charge on any atom is -0.337 e. The molecule has 0 spiro atoms. The fourth-order valence-corrected chi connectivity index (χ4v) is 3.60. The molecule has 1 amide bonds. The number of halogens is 3. The molecule has 0 atom stereocenters. The molecule has 1 heterocycles. The van der Waals surface area contributed by atoms with E-state index in [0.29, 0.717) is 21.5 Å². The second-order valence-corrected chi connectivity index (χ2v) is 6.61. The number of thiophene rings is 1. The smallest absolute Gasteiger partial charge is 0.265 e. The summed E-state index contributed by atoms with van der Waals surface area (Å²) in [5.41, 5.74) is 0.870. The van der Waals surface area contributed by atoms with Crippen LogP contribution in [0.2, 0.25) is 10.0 Å². The van der Waals surface area contributed by atoms with Crippen LogP contribution in [0.25, 0.3) is 0 Å². The highest BCUT2D eigenvalue weighted by molar-refractivity contribution is 9.10. The van der Waals surface area contributed by atoms with Gasteiger partial charge in [0.25, 0.3) is 5.91 Å². The van der Waals surface area contributed by atoms with Crippen molar-refractivity contribution in [3.05, 3.63) is 54.6 Å². The molecule has 2 nitrogen and oxygen atoms in total. The van der Waals surface area contributed by atoms with E-state index in [9.17, 15) is 4.79 Å². The van der Waals surface area contributed by atoms with E-state index in [4.69, 9.17) is 23.2 Å². The van der Waals surface area contributed by atoms with Crippen molar-refractivity contribution in [2.45, 2.75) is 6.54 Å². The quantitative estimate of drug-likeness (QED) is 0.728. The molecule has 0 bridgehead atoms. The predicted octanol–water partition coefficient (Wildman–Crippen LogP) is 5.09. The highest BCUT2D eigenvalue weighted by atomic mass is 79.9. The summed E-state index contributed by atoms with van der Waals surface area (Å²) >= 11 is 16.7. The van der Waals surface area contributed by atoms with Crippen molar-refractivity contribution >= 4 is 56.4 Å². The van der Waals surface area contributed by atoms with Gasteiger partial charge in [-0.3, -0.25) is 4.79 Å². The van der Waals surface area contributed by atoms with Crippen LogP contribution in [0.5, 0.6) is 0 Å². The SMILES string of the molecule is CN(Cc1ccc(Cl)cc1Cl)C(=O)c1sccc1Br. The molecule has 0 aliphatic rings. The summed E-state index contributed by atoms with van der Waals surface area (Å²) in [7, 11) is 1.75. The highest BCUT2D eigenvalue weighted by Crippen LogP contribution is 2.26. The Morgan fingerprint density at radius 1 is 1.37 bits per heavy atom. The molecule has 2 aromatic rings. The van der Waals surface area contributed by atoms with Crippen molar-refractivity contribution in [2.24, 2.45) is 0 Å². The molecule has 0 radical (unpaired) electrons. The van der Waals surface area contributed by atoms with Crippen LogP contribution in [0.15, 0.2) is 34.1 Å². The number of carbonyl (C=O) groups is 1. The van der Waals surface area contributed by atoms with Gasteiger partial charge in [0.2, 0.25) is 0 Å². The zero-order chi connectivity index (χ0) is 14.0. The van der Waals surface area contributed by atoms with Gasteiger partial charge in [-0.1, -0.05) is 29.3 Å². The zero-order valence-corrected chi connectivity index (χ0v) is 13.9. The molecule has 2 rings (SSSR count). The van der Waals surface area contributed by atoms with Gasteiger partial charge < -0.3 is 4.90 Å². The number of benzene rings is 1. The average molecular weight is 379 g/mol. The molecule has 0 fully saturated rings. The van der Waals surface area contributed by atoms with Crippen molar-refractivity contribution in [3.63, 3.8) is 0 Å². The lowest BCUT2D eigenvalue weighted by atomic mass is 10.2. The highest BCUT2D eigenvalue weighted by Gasteiger charge is 2.17. The largest absolute Gasteiger partial charge is 0.337 e. The maximum atomic E-state index is 12.2. The van der Waals surface area contributed by atoms with Crippen LogP contribution in [0, 0.1) is 0 Å². The van der Waals surface area contributed by atoms with Gasteiger partial charge in [0.1, 0.15) is 4.88 Å². The second kappa shape index (κ2) is 6.27. The zero-order valence-electron chi connectivity index (χ0n) is 9.99. The standard InChI is InChI=1S/C13H10BrCl2NOS/c1-17(13(18)12-10(14)4-5-19-12)7-8-2-3-9(15)6-11(8)16/h2-6H,7H2,1H3. The van der Waals surface area contributed by atoms with E-state index in [0.717, 1.165) is 10.0 Å². The lowest BCUT2D eigenvalue weighted by Crippen LogP contribution is -2.25. The Morgan fingerprint density at radius 3 is 2.68 bits per heavy atom. The fourth-order valence-electron chi connectivity index (χ4n) is 1.60. The van der Waals surface area contributed by atoms with Gasteiger partial charge in [-0.25, -0.2) is 0 Å². The topological polar surface area (TPSA) is 20.3 Å². The third-order valence-electron chi connectivity index (χ3n) is 2.58. The molecule has 0 N–H and O–H groups in total. The van der Waals surface area contributed by atoms with Crippen LogP contribution in [-0.4, -0.2) is 17.9 Å². The lowest BCUT2D eigenvalue weighted by Gasteiger charge is -2.17. The number of hydrogen-bond acceptors (Lipinski definition) is 2. The molecule has 0 saturated heterocycles. The number of carbonyl (C=O) groups excluding carboxylic acids is 1. The third kappa shape index (κ3) is 3.51. The van der Waals surface area contributed by atoms with Crippen LogP contribution in [0.3, 0.4) is 0 Å². The van der Waals surface area contributed by atoms with E-state index < -0.39 is 0 Å². The molecule has 0 aliphatic carbocycles. The van der Waals surface area contributed by atoms with Gasteiger partial charge in [-0.05, 0) is 45.1 Å². The lowest BCUT2D eigenvalue weighted by molar-refractivity contribution is 0.0789. The van der Waals surface area contributed by atoms with E-state index in [-0.39, 0.29) is 5.91 Å². The number of amides is 1. The number of rotatable bonds is 3. The second-order valence-electron chi connectivity index (χ2n) is 3.99. The van der Waals surface area contributed by atoms with Crippen molar-refractivity contribution in [1.29, 1.82) is 0 Å². The molecule has 19 heavy (non-hydrogen) atoms. The molecular weight excluding hydrogens is 369 g/mol. The Balaban J connectivity index is 2.15. The summed E-state index contributed by atoms with van der Waals surface area (Å²) in [5, 5.41) is 3.03. The van der Waals surface area contributed by atoms with E-state index in [1.54, 1.807) is 24.1 Å². The van der Waals surface area contributed by atoms with Gasteiger partial charge in [0.15, 0.2) is 0 Å². The summed E-state index contributed by atoms with van der Waals surface area (Å²) in [6.45, 7) is 0.444. The summed E-state index contributed by atoms with van der Waals surface area (Å²) in [4.78, 5) is 14.6. The van der Waals surface area contributed by atoms with Crippen LogP contribution in [0.1, 0.15) is 15.2 Å². The summed E-state index contributed by atoms with van der Waals surface area (Å²) in [5.74, 6) is -0.0344.